The quantitative estimate of drug-likeness (QED) is 0.444. The van der Waals surface area contributed by atoms with Gasteiger partial charge in [-0.3, -0.25) is 0 Å². The molecule has 7 heteroatoms. The summed E-state index contributed by atoms with van der Waals surface area (Å²) in [6, 6.07) is 2.24. The van der Waals surface area contributed by atoms with Crippen molar-refractivity contribution < 1.29 is 9.26 Å². The number of aliphatic imine (C=N–C) groups is 1. The molecule has 1 aromatic rings. The van der Waals surface area contributed by atoms with Gasteiger partial charge in [0, 0.05) is 36.6 Å². The molecule has 3 atom stereocenters. The standard InChI is InChI=1S/C15H24N4O2.HI/c1-4-16-14(17-9-10-5-8-21-19-10)18-12-11-6-7-20-13(11)15(12,2)3;/h5,8,11-13H,4,6-7,9H2,1-3H3,(H2,16,17,18);1H. The van der Waals surface area contributed by atoms with Crippen molar-refractivity contribution in [3.63, 3.8) is 0 Å². The van der Waals surface area contributed by atoms with Crippen LogP contribution in [0.3, 0.4) is 0 Å². The SMILES string of the molecule is CCNC(=NCc1ccon1)NC1C2CCOC2C1(C)C.I. The van der Waals surface area contributed by atoms with Gasteiger partial charge in [-0.15, -0.1) is 24.0 Å². The average Bonchev–Trinajstić information content (AvgIpc) is 3.11. The van der Waals surface area contributed by atoms with Crippen LogP contribution in [-0.2, 0) is 11.3 Å². The monoisotopic (exact) mass is 420 g/mol. The molecule has 2 fully saturated rings. The van der Waals surface area contributed by atoms with Crippen LogP contribution >= 0.6 is 24.0 Å². The number of guanidine groups is 1. The van der Waals surface area contributed by atoms with Gasteiger partial charge >= 0.3 is 0 Å². The number of hydrogen-bond donors (Lipinski definition) is 2. The second-order valence-electron chi connectivity index (χ2n) is 6.37. The van der Waals surface area contributed by atoms with Gasteiger partial charge in [0.1, 0.15) is 12.0 Å². The fourth-order valence-corrected chi connectivity index (χ4v) is 3.56. The van der Waals surface area contributed by atoms with Crippen molar-refractivity contribution in [2.75, 3.05) is 13.2 Å². The molecule has 1 saturated heterocycles. The molecule has 3 rings (SSSR count). The van der Waals surface area contributed by atoms with Gasteiger partial charge in [0.25, 0.3) is 0 Å². The van der Waals surface area contributed by atoms with Crippen molar-refractivity contribution in [3.8, 4) is 0 Å². The van der Waals surface area contributed by atoms with Crippen LogP contribution in [0, 0.1) is 11.3 Å². The summed E-state index contributed by atoms with van der Waals surface area (Å²) in [5.41, 5.74) is 0.979. The van der Waals surface area contributed by atoms with Gasteiger partial charge in [-0.2, -0.15) is 0 Å². The summed E-state index contributed by atoms with van der Waals surface area (Å²) in [7, 11) is 0. The predicted molar refractivity (Wildman–Crippen MR) is 95.3 cm³/mol. The molecule has 2 aliphatic rings. The molecular weight excluding hydrogens is 395 g/mol. The molecule has 2 N–H and O–H groups in total. The third kappa shape index (κ3) is 3.24. The van der Waals surface area contributed by atoms with Crippen molar-refractivity contribution in [2.24, 2.45) is 16.3 Å². The number of nitrogens with zero attached hydrogens (tertiary/aromatic N) is 2. The maximum Gasteiger partial charge on any atom is 0.191 e. The van der Waals surface area contributed by atoms with Crippen LogP contribution in [-0.4, -0.2) is 36.4 Å². The second kappa shape index (κ2) is 7.16. The number of aromatic nitrogens is 1. The first-order chi connectivity index (χ1) is 10.1. The maximum atomic E-state index is 5.84. The van der Waals surface area contributed by atoms with Gasteiger partial charge < -0.3 is 19.9 Å². The van der Waals surface area contributed by atoms with E-state index in [1.54, 1.807) is 6.26 Å². The highest BCUT2D eigenvalue weighted by Gasteiger charge is 2.59. The Balaban J connectivity index is 0.00000176. The Hall–Kier alpha value is -0.830. The molecule has 0 bridgehead atoms. The Bertz CT molecular complexity index is 504. The van der Waals surface area contributed by atoms with E-state index in [1.807, 2.05) is 6.07 Å². The van der Waals surface area contributed by atoms with Gasteiger partial charge in [-0.25, -0.2) is 4.99 Å². The van der Waals surface area contributed by atoms with Crippen molar-refractivity contribution in [2.45, 2.75) is 45.9 Å². The zero-order chi connectivity index (χ0) is 14.9. The van der Waals surface area contributed by atoms with Gasteiger partial charge in [0.15, 0.2) is 5.96 Å². The van der Waals surface area contributed by atoms with E-state index in [9.17, 15) is 0 Å². The minimum Gasteiger partial charge on any atom is -0.377 e. The van der Waals surface area contributed by atoms with Crippen LogP contribution in [0.15, 0.2) is 21.8 Å². The lowest BCUT2D eigenvalue weighted by Gasteiger charge is -2.54. The first-order valence-corrected chi connectivity index (χ1v) is 7.68. The highest BCUT2D eigenvalue weighted by atomic mass is 127. The average molecular weight is 420 g/mol. The molecule has 22 heavy (non-hydrogen) atoms. The van der Waals surface area contributed by atoms with Crippen LogP contribution < -0.4 is 10.6 Å². The van der Waals surface area contributed by atoms with Crippen LogP contribution in [0.4, 0.5) is 0 Å². The van der Waals surface area contributed by atoms with Gasteiger partial charge in [0.2, 0.25) is 0 Å². The zero-order valence-corrected chi connectivity index (χ0v) is 15.7. The summed E-state index contributed by atoms with van der Waals surface area (Å²) in [4.78, 5) is 4.59. The Morgan fingerprint density at radius 2 is 2.32 bits per heavy atom. The Morgan fingerprint density at radius 3 is 3.00 bits per heavy atom. The first kappa shape index (κ1) is 17.5. The molecule has 6 nitrogen and oxygen atoms in total. The molecule has 1 aliphatic heterocycles. The molecule has 0 aromatic carbocycles. The number of hydrogen-bond acceptors (Lipinski definition) is 4. The number of ether oxygens (including phenoxy) is 1. The summed E-state index contributed by atoms with van der Waals surface area (Å²) in [5.74, 6) is 1.43. The van der Waals surface area contributed by atoms with E-state index in [0.717, 1.165) is 31.2 Å². The molecule has 1 aliphatic carbocycles. The smallest absolute Gasteiger partial charge is 0.191 e. The molecule has 1 aromatic heterocycles. The Labute approximate surface area is 148 Å². The van der Waals surface area contributed by atoms with Crippen LogP contribution in [0.1, 0.15) is 32.9 Å². The Morgan fingerprint density at radius 1 is 1.50 bits per heavy atom. The molecule has 0 spiro atoms. The fourth-order valence-electron chi connectivity index (χ4n) is 3.56. The lowest BCUT2D eigenvalue weighted by atomic mass is 9.57. The van der Waals surface area contributed by atoms with E-state index in [0.29, 0.717) is 24.6 Å². The highest BCUT2D eigenvalue weighted by molar-refractivity contribution is 14.0. The second-order valence-corrected chi connectivity index (χ2v) is 6.37. The molecule has 3 unspecified atom stereocenters. The number of nitrogens with one attached hydrogen (secondary N) is 2. The molecular formula is C15H25IN4O2. The van der Waals surface area contributed by atoms with Crippen LogP contribution in [0.2, 0.25) is 0 Å². The Kier molecular flexibility index (Phi) is 5.70. The largest absolute Gasteiger partial charge is 0.377 e. The highest BCUT2D eigenvalue weighted by Crippen LogP contribution is 2.52. The molecule has 2 heterocycles. The summed E-state index contributed by atoms with van der Waals surface area (Å²) in [6.07, 6.45) is 3.09. The van der Waals surface area contributed by atoms with Crippen LogP contribution in [0.25, 0.3) is 0 Å². The van der Waals surface area contributed by atoms with E-state index in [4.69, 9.17) is 9.26 Å². The fraction of sp³-hybridized carbons (Fsp3) is 0.733. The zero-order valence-electron chi connectivity index (χ0n) is 13.3. The molecule has 124 valence electrons. The molecule has 1 saturated carbocycles. The van der Waals surface area contributed by atoms with Crippen molar-refractivity contribution in [1.82, 2.24) is 15.8 Å². The van der Waals surface area contributed by atoms with Crippen molar-refractivity contribution in [3.05, 3.63) is 18.0 Å². The van der Waals surface area contributed by atoms with E-state index >= 15 is 0 Å². The lowest BCUT2D eigenvalue weighted by molar-refractivity contribution is -0.106. The van der Waals surface area contributed by atoms with E-state index in [-0.39, 0.29) is 29.4 Å². The first-order valence-electron chi connectivity index (χ1n) is 7.68. The predicted octanol–water partition coefficient (Wildman–Crippen LogP) is 2.16. The lowest BCUT2D eigenvalue weighted by Crippen LogP contribution is -2.67. The third-order valence-corrected chi connectivity index (χ3v) is 4.63. The minimum absolute atomic E-state index is 0. The van der Waals surface area contributed by atoms with E-state index < -0.39 is 0 Å². The number of rotatable bonds is 4. The summed E-state index contributed by atoms with van der Waals surface area (Å²) < 4.78 is 10.7. The summed E-state index contributed by atoms with van der Waals surface area (Å²) in [6.45, 7) is 8.83. The summed E-state index contributed by atoms with van der Waals surface area (Å²) in [5, 5.41) is 10.8. The minimum atomic E-state index is 0. The van der Waals surface area contributed by atoms with Crippen LogP contribution in [0.5, 0.6) is 0 Å². The topological polar surface area (TPSA) is 71.7 Å². The molecule has 0 radical (unpaired) electrons. The van der Waals surface area contributed by atoms with Gasteiger partial charge in [0.05, 0.1) is 12.6 Å². The summed E-state index contributed by atoms with van der Waals surface area (Å²) >= 11 is 0. The molecule has 0 amide bonds. The van der Waals surface area contributed by atoms with E-state index in [1.165, 1.54) is 0 Å². The van der Waals surface area contributed by atoms with E-state index in [2.05, 4.69) is 41.6 Å². The number of fused-ring (bicyclic) bond motifs is 1. The third-order valence-electron chi connectivity index (χ3n) is 4.63. The normalized spacial score (nSPS) is 29.2. The van der Waals surface area contributed by atoms with Gasteiger partial charge in [-0.05, 0) is 13.3 Å². The number of halogens is 1. The van der Waals surface area contributed by atoms with Gasteiger partial charge in [-0.1, -0.05) is 19.0 Å². The maximum absolute atomic E-state index is 5.84. The van der Waals surface area contributed by atoms with Crippen molar-refractivity contribution >= 4 is 29.9 Å². The van der Waals surface area contributed by atoms with Crippen molar-refractivity contribution in [1.29, 1.82) is 0 Å².